The fraction of sp³-hybridized carbons (Fsp3) is 0.235. The number of rotatable bonds is 7. The molecule has 0 heterocycles. The average molecular weight is 427 g/mol. The first kappa shape index (κ1) is 19.3. The van der Waals surface area contributed by atoms with Crippen LogP contribution in [-0.2, 0) is 14.8 Å². The van der Waals surface area contributed by atoms with Gasteiger partial charge in [-0.05, 0) is 48.9 Å². The van der Waals surface area contributed by atoms with E-state index in [1.807, 2.05) is 6.92 Å². The maximum atomic E-state index is 12.6. The van der Waals surface area contributed by atoms with Crippen molar-refractivity contribution in [2.45, 2.75) is 24.7 Å². The zero-order chi connectivity index (χ0) is 18.4. The van der Waals surface area contributed by atoms with E-state index in [1.165, 1.54) is 25.3 Å². The first-order valence-corrected chi connectivity index (χ1v) is 9.89. The molecule has 0 spiro atoms. The van der Waals surface area contributed by atoms with Gasteiger partial charge in [0.1, 0.15) is 5.75 Å². The zero-order valence-electron chi connectivity index (χ0n) is 13.9. The highest BCUT2D eigenvalue weighted by molar-refractivity contribution is 9.10. The van der Waals surface area contributed by atoms with Crippen LogP contribution in [-0.4, -0.2) is 21.4 Å². The molecule has 2 rings (SSSR count). The molecule has 0 aliphatic heterocycles. The van der Waals surface area contributed by atoms with Gasteiger partial charge in [0, 0.05) is 16.6 Å². The summed E-state index contributed by atoms with van der Waals surface area (Å²) in [6.45, 7) is 1.89. The van der Waals surface area contributed by atoms with Gasteiger partial charge in [-0.15, -0.1) is 0 Å². The van der Waals surface area contributed by atoms with Crippen LogP contribution in [0.5, 0.6) is 5.75 Å². The number of anilines is 2. The number of carbonyl (C=O) groups excluding carboxylic acids is 1. The quantitative estimate of drug-likeness (QED) is 0.700. The molecule has 2 aromatic carbocycles. The van der Waals surface area contributed by atoms with E-state index in [0.717, 1.165) is 4.47 Å². The molecule has 2 N–H and O–H groups in total. The summed E-state index contributed by atoms with van der Waals surface area (Å²) in [4.78, 5) is 11.9. The maximum absolute atomic E-state index is 12.6. The predicted molar refractivity (Wildman–Crippen MR) is 101 cm³/mol. The standard InChI is InChI=1S/C17H19BrN2O4S/c1-3-4-17(21)19-15-11-14(9-10-16(15)24-2)25(22,23)20-13-7-5-12(18)6-8-13/h5-11,20H,3-4H2,1-2H3,(H,19,21). The van der Waals surface area contributed by atoms with E-state index in [0.29, 0.717) is 30.0 Å². The Morgan fingerprint density at radius 3 is 2.44 bits per heavy atom. The summed E-state index contributed by atoms with van der Waals surface area (Å²) >= 11 is 3.30. The second-order valence-corrected chi connectivity index (χ2v) is 7.87. The fourth-order valence-electron chi connectivity index (χ4n) is 2.12. The Bertz CT molecular complexity index is 851. The molecule has 134 valence electrons. The van der Waals surface area contributed by atoms with Crippen LogP contribution >= 0.6 is 15.9 Å². The van der Waals surface area contributed by atoms with Crippen LogP contribution in [0.1, 0.15) is 19.8 Å². The van der Waals surface area contributed by atoms with Crippen molar-refractivity contribution < 1.29 is 17.9 Å². The number of ether oxygens (including phenoxy) is 1. The number of benzene rings is 2. The Hall–Kier alpha value is -2.06. The van der Waals surface area contributed by atoms with E-state index in [4.69, 9.17) is 4.74 Å². The van der Waals surface area contributed by atoms with E-state index in [9.17, 15) is 13.2 Å². The Kier molecular flexibility index (Phi) is 6.44. The maximum Gasteiger partial charge on any atom is 0.261 e. The topological polar surface area (TPSA) is 84.5 Å². The Morgan fingerprint density at radius 2 is 1.84 bits per heavy atom. The summed E-state index contributed by atoms with van der Waals surface area (Å²) in [5, 5.41) is 2.68. The third-order valence-corrected chi connectivity index (χ3v) is 5.24. The van der Waals surface area contributed by atoms with Crippen LogP contribution in [0.15, 0.2) is 51.8 Å². The minimum Gasteiger partial charge on any atom is -0.495 e. The monoisotopic (exact) mass is 426 g/mol. The molecule has 0 atom stereocenters. The van der Waals surface area contributed by atoms with Crippen molar-refractivity contribution in [2.24, 2.45) is 0 Å². The molecule has 0 aliphatic carbocycles. The molecule has 0 fully saturated rings. The minimum atomic E-state index is -3.79. The van der Waals surface area contributed by atoms with Crippen molar-refractivity contribution in [3.05, 3.63) is 46.9 Å². The average Bonchev–Trinajstić information content (AvgIpc) is 2.57. The van der Waals surface area contributed by atoms with Gasteiger partial charge in [-0.3, -0.25) is 9.52 Å². The minimum absolute atomic E-state index is 0.0306. The number of nitrogens with one attached hydrogen (secondary N) is 2. The van der Waals surface area contributed by atoms with Crippen LogP contribution in [0.25, 0.3) is 0 Å². The summed E-state index contributed by atoms with van der Waals surface area (Å²) in [6.07, 6.45) is 1.04. The summed E-state index contributed by atoms with van der Waals surface area (Å²) in [7, 11) is -2.34. The molecule has 1 amide bonds. The SMILES string of the molecule is CCCC(=O)Nc1cc(S(=O)(=O)Nc2ccc(Br)cc2)ccc1OC. The summed E-state index contributed by atoms with van der Waals surface area (Å²) in [6, 6.07) is 11.1. The first-order chi connectivity index (χ1) is 11.9. The lowest BCUT2D eigenvalue weighted by Crippen LogP contribution is -2.15. The van der Waals surface area contributed by atoms with Crippen LogP contribution in [0.4, 0.5) is 11.4 Å². The Morgan fingerprint density at radius 1 is 1.16 bits per heavy atom. The Balaban J connectivity index is 2.30. The largest absolute Gasteiger partial charge is 0.495 e. The molecule has 0 aliphatic rings. The molecular formula is C17H19BrN2O4S. The van der Waals surface area contributed by atoms with Gasteiger partial charge < -0.3 is 10.1 Å². The number of hydrogen-bond donors (Lipinski definition) is 2. The molecule has 0 unspecified atom stereocenters. The highest BCUT2D eigenvalue weighted by Gasteiger charge is 2.17. The number of hydrogen-bond acceptors (Lipinski definition) is 4. The lowest BCUT2D eigenvalue weighted by atomic mass is 10.2. The second kappa shape index (κ2) is 8.35. The summed E-state index contributed by atoms with van der Waals surface area (Å²) in [5.41, 5.74) is 0.759. The van der Waals surface area contributed by atoms with Gasteiger partial charge in [-0.1, -0.05) is 22.9 Å². The van der Waals surface area contributed by atoms with E-state index in [-0.39, 0.29) is 10.8 Å². The van der Waals surface area contributed by atoms with Gasteiger partial charge in [-0.2, -0.15) is 0 Å². The second-order valence-electron chi connectivity index (χ2n) is 5.27. The highest BCUT2D eigenvalue weighted by atomic mass is 79.9. The third kappa shape index (κ3) is 5.20. The smallest absolute Gasteiger partial charge is 0.261 e. The van der Waals surface area contributed by atoms with Crippen molar-refractivity contribution in [1.29, 1.82) is 0 Å². The van der Waals surface area contributed by atoms with Gasteiger partial charge in [0.25, 0.3) is 10.0 Å². The van der Waals surface area contributed by atoms with Crippen LogP contribution in [0.2, 0.25) is 0 Å². The van der Waals surface area contributed by atoms with Gasteiger partial charge in [0.15, 0.2) is 0 Å². The molecule has 0 bridgehead atoms. The van der Waals surface area contributed by atoms with E-state index < -0.39 is 10.0 Å². The molecule has 0 saturated carbocycles. The van der Waals surface area contributed by atoms with E-state index in [1.54, 1.807) is 24.3 Å². The molecule has 8 heteroatoms. The van der Waals surface area contributed by atoms with Gasteiger partial charge in [0.05, 0.1) is 17.7 Å². The van der Waals surface area contributed by atoms with E-state index >= 15 is 0 Å². The highest BCUT2D eigenvalue weighted by Crippen LogP contribution is 2.29. The number of sulfonamides is 1. The van der Waals surface area contributed by atoms with Gasteiger partial charge in [0.2, 0.25) is 5.91 Å². The van der Waals surface area contributed by atoms with E-state index in [2.05, 4.69) is 26.0 Å². The molecule has 2 aromatic rings. The predicted octanol–water partition coefficient (Wildman–Crippen LogP) is 4.00. The third-order valence-electron chi connectivity index (χ3n) is 3.33. The number of carbonyl (C=O) groups is 1. The van der Waals surface area contributed by atoms with Crippen molar-refractivity contribution in [1.82, 2.24) is 0 Å². The van der Waals surface area contributed by atoms with Crippen molar-refractivity contribution in [3.63, 3.8) is 0 Å². The summed E-state index contributed by atoms with van der Waals surface area (Å²) in [5.74, 6) is 0.197. The molecule has 0 aromatic heterocycles. The van der Waals surface area contributed by atoms with Crippen LogP contribution < -0.4 is 14.8 Å². The molecular weight excluding hydrogens is 408 g/mol. The van der Waals surface area contributed by atoms with Crippen molar-refractivity contribution >= 4 is 43.2 Å². The number of methoxy groups -OCH3 is 1. The van der Waals surface area contributed by atoms with Gasteiger partial charge >= 0.3 is 0 Å². The van der Waals surface area contributed by atoms with Gasteiger partial charge in [-0.25, -0.2) is 8.42 Å². The van der Waals surface area contributed by atoms with Crippen LogP contribution in [0, 0.1) is 0 Å². The molecule has 25 heavy (non-hydrogen) atoms. The molecule has 0 radical (unpaired) electrons. The fourth-order valence-corrected chi connectivity index (χ4v) is 3.47. The molecule has 0 saturated heterocycles. The van der Waals surface area contributed by atoms with Crippen LogP contribution in [0.3, 0.4) is 0 Å². The zero-order valence-corrected chi connectivity index (χ0v) is 16.3. The summed E-state index contributed by atoms with van der Waals surface area (Å²) < 4.78 is 33.7. The normalized spacial score (nSPS) is 11.0. The Labute approximate surface area is 155 Å². The lowest BCUT2D eigenvalue weighted by Gasteiger charge is -2.13. The van der Waals surface area contributed by atoms with Crippen molar-refractivity contribution in [3.8, 4) is 5.75 Å². The number of amides is 1. The number of halogens is 1. The lowest BCUT2D eigenvalue weighted by molar-refractivity contribution is -0.116. The van der Waals surface area contributed by atoms with Crippen molar-refractivity contribution in [2.75, 3.05) is 17.1 Å². The molecule has 6 nitrogen and oxygen atoms in total. The first-order valence-electron chi connectivity index (χ1n) is 7.62.